The number of nitrogens with one attached hydrogen (secondary N) is 1. The van der Waals surface area contributed by atoms with Gasteiger partial charge in [-0.15, -0.1) is 0 Å². The van der Waals surface area contributed by atoms with E-state index in [4.69, 9.17) is 0 Å². The van der Waals surface area contributed by atoms with Gasteiger partial charge in [0, 0.05) is 31.4 Å². The number of carbonyl (C=O) groups excluding carboxylic acids is 2. The molecule has 1 atom stereocenters. The minimum absolute atomic E-state index is 0.158. The van der Waals surface area contributed by atoms with Crippen molar-refractivity contribution in [3.05, 3.63) is 102 Å². The summed E-state index contributed by atoms with van der Waals surface area (Å²) in [6.45, 7) is 4.10. The summed E-state index contributed by atoms with van der Waals surface area (Å²) >= 11 is 0. The third-order valence-corrected chi connectivity index (χ3v) is 4.91. The van der Waals surface area contributed by atoms with E-state index in [0.717, 1.165) is 11.1 Å². The molecule has 0 bridgehead atoms. The van der Waals surface area contributed by atoms with E-state index in [1.807, 2.05) is 36.4 Å². The highest BCUT2D eigenvalue weighted by Gasteiger charge is 2.32. The number of amides is 2. The van der Waals surface area contributed by atoms with Crippen molar-refractivity contribution in [3.8, 4) is 0 Å². The quantitative estimate of drug-likeness (QED) is 0.593. The van der Waals surface area contributed by atoms with Gasteiger partial charge in [-0.2, -0.15) is 0 Å². The highest BCUT2D eigenvalue weighted by Crippen LogP contribution is 2.26. The molecule has 0 saturated heterocycles. The van der Waals surface area contributed by atoms with Gasteiger partial charge in [-0.3, -0.25) is 14.6 Å². The van der Waals surface area contributed by atoms with Gasteiger partial charge in [-0.05, 0) is 34.9 Å². The zero-order chi connectivity index (χ0) is 22.2. The van der Waals surface area contributed by atoms with Crippen molar-refractivity contribution in [1.82, 2.24) is 15.2 Å². The molecule has 0 fully saturated rings. The fourth-order valence-corrected chi connectivity index (χ4v) is 3.31. The molecule has 160 valence electrons. The van der Waals surface area contributed by atoms with E-state index in [1.165, 1.54) is 12.1 Å². The number of carbonyl (C=O) groups is 2. The normalized spacial score (nSPS) is 11.7. The van der Waals surface area contributed by atoms with Crippen LogP contribution >= 0.6 is 0 Å². The summed E-state index contributed by atoms with van der Waals surface area (Å²) in [7, 11) is 0. The van der Waals surface area contributed by atoms with Crippen LogP contribution in [-0.2, 0) is 22.7 Å². The molecular weight excluding hydrogens is 393 g/mol. The van der Waals surface area contributed by atoms with Crippen LogP contribution in [0.4, 0.5) is 4.39 Å². The molecule has 0 spiro atoms. The van der Waals surface area contributed by atoms with E-state index in [0.29, 0.717) is 12.1 Å². The summed E-state index contributed by atoms with van der Waals surface area (Å²) in [5, 5.41) is 2.93. The summed E-state index contributed by atoms with van der Waals surface area (Å²) in [5.41, 5.74) is 2.32. The molecule has 3 rings (SSSR count). The molecule has 1 aromatic heterocycles. The Bertz CT molecular complexity index is 992. The van der Waals surface area contributed by atoms with Crippen molar-refractivity contribution < 1.29 is 14.0 Å². The number of aromatic nitrogens is 1. The first-order valence-electron chi connectivity index (χ1n) is 10.2. The zero-order valence-electron chi connectivity index (χ0n) is 17.7. The summed E-state index contributed by atoms with van der Waals surface area (Å²) in [4.78, 5) is 32.1. The SMILES string of the molecule is CC(C)C(=O)N(Cc1ccc(F)cc1)C(C(=O)NCc1cccnc1)c1ccccc1. The molecule has 1 N–H and O–H groups in total. The van der Waals surface area contributed by atoms with Crippen molar-refractivity contribution in [2.45, 2.75) is 33.0 Å². The van der Waals surface area contributed by atoms with Gasteiger partial charge in [-0.25, -0.2) is 4.39 Å². The second kappa shape index (κ2) is 10.5. The maximum atomic E-state index is 13.4. The number of halogens is 1. The van der Waals surface area contributed by atoms with Gasteiger partial charge < -0.3 is 10.2 Å². The van der Waals surface area contributed by atoms with Crippen molar-refractivity contribution in [1.29, 1.82) is 0 Å². The monoisotopic (exact) mass is 419 g/mol. The van der Waals surface area contributed by atoms with Gasteiger partial charge in [0.2, 0.25) is 11.8 Å². The van der Waals surface area contributed by atoms with Gasteiger partial charge in [0.1, 0.15) is 11.9 Å². The molecule has 2 amide bonds. The molecule has 5 nitrogen and oxygen atoms in total. The average Bonchev–Trinajstić information content (AvgIpc) is 2.79. The molecule has 6 heteroatoms. The molecule has 3 aromatic rings. The lowest BCUT2D eigenvalue weighted by molar-refractivity contribution is -0.144. The molecule has 0 aliphatic rings. The third kappa shape index (κ3) is 5.98. The molecule has 0 saturated carbocycles. The number of nitrogens with zero attached hydrogens (tertiary/aromatic N) is 2. The molecular formula is C25H26FN3O2. The largest absolute Gasteiger partial charge is 0.350 e. The lowest BCUT2D eigenvalue weighted by Crippen LogP contribution is -2.44. The Morgan fingerprint density at radius 1 is 0.968 bits per heavy atom. The lowest BCUT2D eigenvalue weighted by atomic mass is 10.0. The number of hydrogen-bond acceptors (Lipinski definition) is 3. The Balaban J connectivity index is 1.93. The van der Waals surface area contributed by atoms with Crippen LogP contribution in [0.25, 0.3) is 0 Å². The van der Waals surface area contributed by atoms with Crippen molar-refractivity contribution in [2.24, 2.45) is 5.92 Å². The minimum atomic E-state index is -0.821. The second-order valence-electron chi connectivity index (χ2n) is 7.64. The van der Waals surface area contributed by atoms with Crippen molar-refractivity contribution in [3.63, 3.8) is 0 Å². The van der Waals surface area contributed by atoms with Crippen LogP contribution in [0.3, 0.4) is 0 Å². The first-order chi connectivity index (χ1) is 15.0. The Labute approximate surface area is 181 Å². The van der Waals surface area contributed by atoms with E-state index in [-0.39, 0.29) is 30.1 Å². The maximum Gasteiger partial charge on any atom is 0.247 e. The Morgan fingerprint density at radius 2 is 1.68 bits per heavy atom. The van der Waals surface area contributed by atoms with Crippen molar-refractivity contribution >= 4 is 11.8 Å². The maximum absolute atomic E-state index is 13.4. The van der Waals surface area contributed by atoms with Crippen LogP contribution in [-0.4, -0.2) is 21.7 Å². The van der Waals surface area contributed by atoms with Crippen LogP contribution in [0, 0.1) is 11.7 Å². The van der Waals surface area contributed by atoms with Gasteiger partial charge in [0.05, 0.1) is 0 Å². The Morgan fingerprint density at radius 3 is 2.29 bits per heavy atom. The smallest absolute Gasteiger partial charge is 0.247 e. The second-order valence-corrected chi connectivity index (χ2v) is 7.64. The summed E-state index contributed by atoms with van der Waals surface area (Å²) in [6.07, 6.45) is 3.36. The van der Waals surface area contributed by atoms with Crippen molar-refractivity contribution in [2.75, 3.05) is 0 Å². The van der Waals surface area contributed by atoms with Crippen LogP contribution < -0.4 is 5.32 Å². The number of hydrogen-bond donors (Lipinski definition) is 1. The number of benzene rings is 2. The molecule has 31 heavy (non-hydrogen) atoms. The van der Waals surface area contributed by atoms with Crippen LogP contribution in [0.15, 0.2) is 79.1 Å². The fourth-order valence-electron chi connectivity index (χ4n) is 3.31. The summed E-state index contributed by atoms with van der Waals surface area (Å²) < 4.78 is 13.4. The summed E-state index contributed by atoms with van der Waals surface area (Å²) in [5.74, 6) is -1.10. The predicted molar refractivity (Wildman–Crippen MR) is 117 cm³/mol. The molecule has 0 radical (unpaired) electrons. The van der Waals surface area contributed by atoms with Crippen LogP contribution in [0.5, 0.6) is 0 Å². The van der Waals surface area contributed by atoms with E-state index in [2.05, 4.69) is 10.3 Å². The van der Waals surface area contributed by atoms with Gasteiger partial charge in [0.15, 0.2) is 0 Å². The van der Waals surface area contributed by atoms with Crippen LogP contribution in [0.1, 0.15) is 36.6 Å². The van der Waals surface area contributed by atoms with E-state index < -0.39 is 6.04 Å². The topological polar surface area (TPSA) is 62.3 Å². The van der Waals surface area contributed by atoms with Gasteiger partial charge in [-0.1, -0.05) is 62.4 Å². The average molecular weight is 420 g/mol. The molecule has 2 aromatic carbocycles. The van der Waals surface area contributed by atoms with Gasteiger partial charge >= 0.3 is 0 Å². The lowest BCUT2D eigenvalue weighted by Gasteiger charge is -2.33. The summed E-state index contributed by atoms with van der Waals surface area (Å²) in [6, 6.07) is 18.0. The van der Waals surface area contributed by atoms with E-state index in [1.54, 1.807) is 49.3 Å². The van der Waals surface area contributed by atoms with E-state index in [9.17, 15) is 14.0 Å². The zero-order valence-corrected chi connectivity index (χ0v) is 17.7. The fraction of sp³-hybridized carbons (Fsp3) is 0.240. The third-order valence-electron chi connectivity index (χ3n) is 4.91. The molecule has 1 heterocycles. The molecule has 0 aliphatic heterocycles. The Hall–Kier alpha value is -3.54. The highest BCUT2D eigenvalue weighted by molar-refractivity contribution is 5.89. The number of pyridine rings is 1. The molecule has 0 aliphatic carbocycles. The first-order valence-corrected chi connectivity index (χ1v) is 10.2. The predicted octanol–water partition coefficient (Wildman–Crippen LogP) is 4.26. The molecule has 1 unspecified atom stereocenters. The highest BCUT2D eigenvalue weighted by atomic mass is 19.1. The minimum Gasteiger partial charge on any atom is -0.350 e. The Kier molecular flexibility index (Phi) is 7.49. The number of rotatable bonds is 8. The standard InChI is InChI=1S/C25H26FN3O2/c1-18(2)25(31)29(17-19-10-12-22(26)13-11-19)23(21-8-4-3-5-9-21)24(30)28-16-20-7-6-14-27-15-20/h3-15,18,23H,16-17H2,1-2H3,(H,28,30). The van der Waals surface area contributed by atoms with E-state index >= 15 is 0 Å². The van der Waals surface area contributed by atoms with Crippen LogP contribution in [0.2, 0.25) is 0 Å². The first kappa shape index (κ1) is 22.2. The van der Waals surface area contributed by atoms with Gasteiger partial charge in [0.25, 0.3) is 0 Å².